The van der Waals surface area contributed by atoms with Crippen molar-refractivity contribution in [3.63, 3.8) is 0 Å². The number of hydrogen-bond acceptors (Lipinski definition) is 4. The Hall–Kier alpha value is -2.86. The Morgan fingerprint density at radius 2 is 1.79 bits per heavy atom. The second-order valence-corrected chi connectivity index (χ2v) is 7.08. The SMILES string of the molecule is COc1ccc(/C(C)=N/NC(=O)Cc2ccc(Br)c3ccccc23)c(OC)c1. The van der Waals surface area contributed by atoms with Gasteiger partial charge in [-0.05, 0) is 41.5 Å². The number of carbonyl (C=O) groups excluding carboxylic acids is 1. The van der Waals surface area contributed by atoms with Crippen LogP contribution in [0.4, 0.5) is 0 Å². The van der Waals surface area contributed by atoms with Crippen molar-refractivity contribution >= 4 is 38.3 Å². The summed E-state index contributed by atoms with van der Waals surface area (Å²) < 4.78 is 11.6. The summed E-state index contributed by atoms with van der Waals surface area (Å²) in [5.74, 6) is 1.15. The third kappa shape index (κ3) is 4.34. The molecule has 0 unspecified atom stereocenters. The first-order chi connectivity index (χ1) is 13.5. The summed E-state index contributed by atoms with van der Waals surface area (Å²) in [4.78, 5) is 12.5. The number of hydrogen-bond donors (Lipinski definition) is 1. The van der Waals surface area contributed by atoms with Gasteiger partial charge >= 0.3 is 0 Å². The number of carbonyl (C=O) groups is 1. The van der Waals surface area contributed by atoms with Crippen molar-refractivity contribution in [1.82, 2.24) is 5.43 Å². The number of hydrazone groups is 1. The minimum Gasteiger partial charge on any atom is -0.497 e. The highest BCUT2D eigenvalue weighted by Crippen LogP contribution is 2.27. The second-order valence-electron chi connectivity index (χ2n) is 6.23. The standard InChI is InChI=1S/C22H21BrN2O3/c1-14(17-10-9-16(27-2)13-21(17)28-3)24-25-22(26)12-15-8-11-20(23)19-7-5-4-6-18(15)19/h4-11,13H,12H2,1-3H3,(H,25,26)/b24-14+. The number of halogens is 1. The minimum atomic E-state index is -0.181. The number of ether oxygens (including phenoxy) is 2. The van der Waals surface area contributed by atoms with E-state index < -0.39 is 0 Å². The summed E-state index contributed by atoms with van der Waals surface area (Å²) in [6.45, 7) is 1.82. The third-order valence-corrected chi connectivity index (χ3v) is 5.15. The molecule has 0 radical (unpaired) electrons. The van der Waals surface area contributed by atoms with Crippen LogP contribution in [0.3, 0.4) is 0 Å². The molecule has 3 aromatic rings. The van der Waals surface area contributed by atoms with E-state index in [0.717, 1.165) is 26.4 Å². The largest absolute Gasteiger partial charge is 0.497 e. The summed E-state index contributed by atoms with van der Waals surface area (Å²) in [6, 6.07) is 17.4. The van der Waals surface area contributed by atoms with Crippen LogP contribution >= 0.6 is 15.9 Å². The molecule has 0 aromatic heterocycles. The van der Waals surface area contributed by atoms with Crippen LogP contribution in [0.2, 0.25) is 0 Å². The Bertz CT molecular complexity index is 1050. The van der Waals surface area contributed by atoms with Gasteiger partial charge in [0.05, 0.1) is 26.4 Å². The molecule has 0 aliphatic carbocycles. The zero-order valence-corrected chi connectivity index (χ0v) is 17.5. The van der Waals surface area contributed by atoms with Crippen molar-refractivity contribution in [2.75, 3.05) is 14.2 Å². The lowest BCUT2D eigenvalue weighted by molar-refractivity contribution is -0.120. The quantitative estimate of drug-likeness (QED) is 0.446. The predicted molar refractivity (Wildman–Crippen MR) is 115 cm³/mol. The Balaban J connectivity index is 1.76. The van der Waals surface area contributed by atoms with Crippen molar-refractivity contribution in [2.24, 2.45) is 5.10 Å². The Morgan fingerprint density at radius 1 is 1.04 bits per heavy atom. The van der Waals surface area contributed by atoms with Crippen LogP contribution in [0.1, 0.15) is 18.1 Å². The van der Waals surface area contributed by atoms with Gasteiger partial charge in [0.25, 0.3) is 0 Å². The van der Waals surface area contributed by atoms with Gasteiger partial charge < -0.3 is 9.47 Å². The summed E-state index contributed by atoms with van der Waals surface area (Å²) in [7, 11) is 3.18. The lowest BCUT2D eigenvalue weighted by Gasteiger charge is -2.11. The Morgan fingerprint density at radius 3 is 2.50 bits per heavy atom. The van der Waals surface area contributed by atoms with E-state index in [1.165, 1.54) is 0 Å². The van der Waals surface area contributed by atoms with Crippen molar-refractivity contribution < 1.29 is 14.3 Å². The monoisotopic (exact) mass is 440 g/mol. The van der Waals surface area contributed by atoms with E-state index >= 15 is 0 Å². The molecule has 0 heterocycles. The van der Waals surface area contributed by atoms with E-state index in [9.17, 15) is 4.79 Å². The van der Waals surface area contributed by atoms with Crippen molar-refractivity contribution in [1.29, 1.82) is 0 Å². The highest BCUT2D eigenvalue weighted by Gasteiger charge is 2.11. The number of amides is 1. The Labute approximate surface area is 172 Å². The van der Waals surface area contributed by atoms with Crippen LogP contribution in [0.25, 0.3) is 10.8 Å². The highest BCUT2D eigenvalue weighted by atomic mass is 79.9. The average molecular weight is 441 g/mol. The van der Waals surface area contributed by atoms with E-state index in [0.29, 0.717) is 17.2 Å². The number of benzene rings is 3. The molecule has 0 atom stereocenters. The summed E-state index contributed by atoms with van der Waals surface area (Å²) in [5, 5.41) is 6.36. The zero-order valence-electron chi connectivity index (χ0n) is 16.0. The number of nitrogens with one attached hydrogen (secondary N) is 1. The fourth-order valence-electron chi connectivity index (χ4n) is 3.00. The molecule has 3 rings (SSSR count). The topological polar surface area (TPSA) is 59.9 Å². The normalized spacial score (nSPS) is 11.4. The van der Waals surface area contributed by atoms with Gasteiger partial charge in [0.15, 0.2) is 0 Å². The second kappa shape index (κ2) is 8.89. The van der Waals surface area contributed by atoms with Gasteiger partial charge in [-0.3, -0.25) is 4.79 Å². The fraction of sp³-hybridized carbons (Fsp3) is 0.182. The maximum Gasteiger partial charge on any atom is 0.244 e. The molecule has 0 aliphatic rings. The van der Waals surface area contributed by atoms with Crippen LogP contribution in [0, 0.1) is 0 Å². The molecule has 0 saturated heterocycles. The minimum absolute atomic E-state index is 0.181. The predicted octanol–water partition coefficient (Wildman–Crippen LogP) is 4.70. The maximum absolute atomic E-state index is 12.5. The van der Waals surface area contributed by atoms with Crippen molar-refractivity contribution in [3.8, 4) is 11.5 Å². The smallest absolute Gasteiger partial charge is 0.244 e. The number of nitrogens with zero attached hydrogens (tertiary/aromatic N) is 1. The van der Waals surface area contributed by atoms with Gasteiger partial charge in [-0.2, -0.15) is 5.10 Å². The molecule has 3 aromatic carbocycles. The molecule has 28 heavy (non-hydrogen) atoms. The van der Waals surface area contributed by atoms with E-state index in [-0.39, 0.29) is 12.3 Å². The van der Waals surface area contributed by atoms with Crippen LogP contribution in [0.15, 0.2) is 64.2 Å². The first-order valence-electron chi connectivity index (χ1n) is 8.75. The molecule has 1 amide bonds. The summed E-state index contributed by atoms with van der Waals surface area (Å²) >= 11 is 3.55. The lowest BCUT2D eigenvalue weighted by atomic mass is 10.0. The average Bonchev–Trinajstić information content (AvgIpc) is 2.73. The van der Waals surface area contributed by atoms with Gasteiger partial charge in [0.1, 0.15) is 11.5 Å². The number of rotatable bonds is 6. The van der Waals surface area contributed by atoms with Gasteiger partial charge in [-0.25, -0.2) is 5.43 Å². The molecular weight excluding hydrogens is 420 g/mol. The maximum atomic E-state index is 12.5. The molecular formula is C22H21BrN2O3. The fourth-order valence-corrected chi connectivity index (χ4v) is 3.47. The summed E-state index contributed by atoms with van der Waals surface area (Å²) in [5.41, 5.74) is 5.03. The Kier molecular flexibility index (Phi) is 6.31. The molecule has 1 N–H and O–H groups in total. The first-order valence-corrected chi connectivity index (χ1v) is 9.54. The molecule has 0 bridgehead atoms. The van der Waals surface area contributed by atoms with Crippen molar-refractivity contribution in [3.05, 3.63) is 70.2 Å². The van der Waals surface area contributed by atoms with Gasteiger partial charge in [-0.15, -0.1) is 0 Å². The van der Waals surface area contributed by atoms with Gasteiger partial charge in [0.2, 0.25) is 5.91 Å². The number of methoxy groups -OCH3 is 2. The summed E-state index contributed by atoms with van der Waals surface area (Å²) in [6.07, 6.45) is 0.240. The molecule has 6 heteroatoms. The van der Waals surface area contributed by atoms with Crippen molar-refractivity contribution in [2.45, 2.75) is 13.3 Å². The van der Waals surface area contributed by atoms with E-state index in [1.54, 1.807) is 20.3 Å². The van der Waals surface area contributed by atoms with Crippen LogP contribution < -0.4 is 14.9 Å². The van der Waals surface area contributed by atoms with Gasteiger partial charge in [0, 0.05) is 16.1 Å². The van der Waals surface area contributed by atoms with Crippen LogP contribution in [-0.2, 0) is 11.2 Å². The van der Waals surface area contributed by atoms with E-state index in [2.05, 4.69) is 26.5 Å². The molecule has 5 nitrogen and oxygen atoms in total. The van der Waals surface area contributed by atoms with E-state index in [4.69, 9.17) is 9.47 Å². The lowest BCUT2D eigenvalue weighted by Crippen LogP contribution is -2.21. The highest BCUT2D eigenvalue weighted by molar-refractivity contribution is 9.10. The number of fused-ring (bicyclic) bond motifs is 1. The zero-order chi connectivity index (χ0) is 20.1. The molecule has 144 valence electrons. The van der Waals surface area contributed by atoms with Gasteiger partial charge in [-0.1, -0.05) is 46.3 Å². The molecule has 0 fully saturated rings. The third-order valence-electron chi connectivity index (χ3n) is 4.46. The van der Waals surface area contributed by atoms with Crippen LogP contribution in [-0.4, -0.2) is 25.8 Å². The van der Waals surface area contributed by atoms with Crippen LogP contribution in [0.5, 0.6) is 11.5 Å². The molecule has 0 saturated carbocycles. The first kappa shape index (κ1) is 19.9. The molecule has 0 spiro atoms. The molecule has 0 aliphatic heterocycles. The van der Waals surface area contributed by atoms with E-state index in [1.807, 2.05) is 55.5 Å².